The Bertz CT molecular complexity index is 1110. The summed E-state index contributed by atoms with van der Waals surface area (Å²) in [6.07, 6.45) is 4.16. The third-order valence-corrected chi connectivity index (χ3v) is 5.85. The minimum atomic E-state index is -3.17. The van der Waals surface area contributed by atoms with Gasteiger partial charge in [0.05, 0.1) is 11.4 Å². The first-order valence-corrected chi connectivity index (χ1v) is 11.6. The summed E-state index contributed by atoms with van der Waals surface area (Å²) < 4.78 is 23.1. The molecule has 3 aromatic rings. The summed E-state index contributed by atoms with van der Waals surface area (Å²) in [6, 6.07) is 13.3. The van der Waals surface area contributed by atoms with E-state index in [1.54, 1.807) is 24.3 Å². The largest absolute Gasteiger partial charge is 0.361 e. The number of benzene rings is 2. The molecule has 3 rings (SSSR count). The summed E-state index contributed by atoms with van der Waals surface area (Å²) in [5, 5.41) is 7.87. The van der Waals surface area contributed by atoms with Gasteiger partial charge in [0, 0.05) is 36.4 Å². The van der Waals surface area contributed by atoms with Crippen LogP contribution in [0.2, 0.25) is 0 Å². The van der Waals surface area contributed by atoms with Crippen molar-refractivity contribution in [1.82, 2.24) is 15.6 Å². The van der Waals surface area contributed by atoms with Crippen LogP contribution < -0.4 is 10.6 Å². The topological polar surface area (TPSA) is 86.3 Å². The molecule has 0 radical (unpaired) electrons. The molecule has 30 heavy (non-hydrogen) atoms. The molecule has 0 aliphatic heterocycles. The molecule has 0 spiro atoms. The third kappa shape index (κ3) is 6.46. The van der Waals surface area contributed by atoms with E-state index in [-0.39, 0.29) is 24.0 Å². The molecule has 0 unspecified atom stereocenters. The number of aryl methyl sites for hydroxylation is 1. The van der Waals surface area contributed by atoms with E-state index in [4.69, 9.17) is 0 Å². The number of guanidine groups is 1. The molecule has 3 N–H and O–H groups in total. The van der Waals surface area contributed by atoms with Gasteiger partial charge in [-0.15, -0.1) is 24.0 Å². The second-order valence-electron chi connectivity index (χ2n) is 7.15. The predicted molar refractivity (Wildman–Crippen MR) is 135 cm³/mol. The first-order valence-electron chi connectivity index (χ1n) is 9.74. The van der Waals surface area contributed by atoms with Crippen LogP contribution in [0, 0.1) is 6.92 Å². The summed E-state index contributed by atoms with van der Waals surface area (Å²) in [5.41, 5.74) is 4.65. The Kier molecular flexibility index (Phi) is 8.72. The average Bonchev–Trinajstić information content (AvgIpc) is 3.07. The predicted octanol–water partition coefficient (Wildman–Crippen LogP) is 3.80. The zero-order chi connectivity index (χ0) is 20.9. The van der Waals surface area contributed by atoms with Gasteiger partial charge in [0.25, 0.3) is 0 Å². The molecule has 6 nitrogen and oxygen atoms in total. The zero-order valence-corrected chi connectivity index (χ0v) is 20.7. The number of halogens is 1. The molecule has 0 fully saturated rings. The fourth-order valence-corrected chi connectivity index (χ4v) is 3.81. The van der Waals surface area contributed by atoms with E-state index in [1.165, 1.54) is 22.8 Å². The summed E-state index contributed by atoms with van der Waals surface area (Å²) in [7, 11) is -3.17. The monoisotopic (exact) mass is 540 g/mol. The van der Waals surface area contributed by atoms with Gasteiger partial charge < -0.3 is 15.6 Å². The molecule has 0 aliphatic carbocycles. The van der Waals surface area contributed by atoms with Crippen LogP contribution in [-0.4, -0.2) is 38.7 Å². The highest BCUT2D eigenvalue weighted by molar-refractivity contribution is 14.0. The number of H-pyrrole nitrogens is 1. The van der Waals surface area contributed by atoms with Crippen LogP contribution in [0.1, 0.15) is 23.6 Å². The van der Waals surface area contributed by atoms with Gasteiger partial charge in [0.15, 0.2) is 15.8 Å². The van der Waals surface area contributed by atoms with E-state index in [9.17, 15) is 8.42 Å². The molecular formula is C22H29IN4O2S. The maximum atomic E-state index is 11.6. The van der Waals surface area contributed by atoms with Gasteiger partial charge in [-0.2, -0.15) is 0 Å². The maximum absolute atomic E-state index is 11.6. The average molecular weight is 540 g/mol. The van der Waals surface area contributed by atoms with Gasteiger partial charge in [0.2, 0.25) is 0 Å². The Morgan fingerprint density at radius 3 is 2.50 bits per heavy atom. The van der Waals surface area contributed by atoms with Crippen molar-refractivity contribution in [1.29, 1.82) is 0 Å². The molecule has 0 amide bonds. The van der Waals surface area contributed by atoms with Crippen molar-refractivity contribution < 1.29 is 8.42 Å². The van der Waals surface area contributed by atoms with Gasteiger partial charge in [-0.1, -0.05) is 24.3 Å². The number of aromatic amines is 1. The minimum absolute atomic E-state index is 0. The second-order valence-corrected chi connectivity index (χ2v) is 9.17. The maximum Gasteiger partial charge on any atom is 0.191 e. The lowest BCUT2D eigenvalue weighted by Gasteiger charge is -2.11. The summed E-state index contributed by atoms with van der Waals surface area (Å²) in [6.45, 7) is 6.13. The molecule has 0 saturated carbocycles. The Balaban J connectivity index is 0.00000320. The van der Waals surface area contributed by atoms with Crippen LogP contribution >= 0.6 is 24.0 Å². The van der Waals surface area contributed by atoms with E-state index >= 15 is 0 Å². The standard InChI is InChI=1S/C22H28N4O2S.HI/c1-4-23-22(26-14-17-6-8-19(9-7-17)29(3,27)28)24-12-11-18-15-25-21-13-16(2)5-10-20(18)21;/h5-10,13,15,25H,4,11-12,14H2,1-3H3,(H2,23,24,26);1H. The smallest absolute Gasteiger partial charge is 0.191 e. The van der Waals surface area contributed by atoms with Crippen molar-refractivity contribution in [2.24, 2.45) is 4.99 Å². The summed E-state index contributed by atoms with van der Waals surface area (Å²) in [4.78, 5) is 8.27. The fraction of sp³-hybridized carbons (Fsp3) is 0.318. The van der Waals surface area contributed by atoms with Crippen LogP contribution in [0.4, 0.5) is 0 Å². The first kappa shape index (κ1) is 24.2. The lowest BCUT2D eigenvalue weighted by atomic mass is 10.1. The van der Waals surface area contributed by atoms with E-state index < -0.39 is 9.84 Å². The number of hydrogen-bond acceptors (Lipinski definition) is 3. The highest BCUT2D eigenvalue weighted by Crippen LogP contribution is 2.19. The highest BCUT2D eigenvalue weighted by atomic mass is 127. The molecule has 0 aliphatic rings. The molecule has 8 heteroatoms. The van der Waals surface area contributed by atoms with Crippen LogP contribution in [0.3, 0.4) is 0 Å². The number of hydrogen-bond donors (Lipinski definition) is 3. The Hall–Kier alpha value is -2.07. The quantitative estimate of drug-likeness (QED) is 0.242. The number of sulfone groups is 1. The molecule has 1 heterocycles. The van der Waals surface area contributed by atoms with Gasteiger partial charge >= 0.3 is 0 Å². The van der Waals surface area contributed by atoms with Gasteiger partial charge in [-0.05, 0) is 55.2 Å². The van der Waals surface area contributed by atoms with E-state index in [2.05, 4.69) is 51.9 Å². The number of nitrogens with zero attached hydrogens (tertiary/aromatic N) is 1. The molecule has 2 aromatic carbocycles. The zero-order valence-electron chi connectivity index (χ0n) is 17.5. The molecule has 0 atom stereocenters. The van der Waals surface area contributed by atoms with E-state index in [0.29, 0.717) is 11.4 Å². The van der Waals surface area contributed by atoms with Gasteiger partial charge in [0.1, 0.15) is 0 Å². The Morgan fingerprint density at radius 1 is 1.10 bits per heavy atom. The Morgan fingerprint density at radius 2 is 1.83 bits per heavy atom. The van der Waals surface area contributed by atoms with Gasteiger partial charge in [-0.25, -0.2) is 13.4 Å². The lowest BCUT2D eigenvalue weighted by Crippen LogP contribution is -2.38. The van der Waals surface area contributed by atoms with Gasteiger partial charge in [-0.3, -0.25) is 0 Å². The van der Waals surface area contributed by atoms with Crippen LogP contribution in [0.15, 0.2) is 58.5 Å². The normalized spacial score (nSPS) is 11.9. The first-order chi connectivity index (χ1) is 13.9. The SMILES string of the molecule is CCNC(=NCc1ccc(S(C)(=O)=O)cc1)NCCc1c[nH]c2cc(C)ccc12.I. The van der Waals surface area contributed by atoms with Crippen molar-refractivity contribution in [3.05, 3.63) is 65.4 Å². The Labute approximate surface area is 195 Å². The fourth-order valence-electron chi connectivity index (χ4n) is 3.18. The molecular weight excluding hydrogens is 511 g/mol. The molecule has 1 aromatic heterocycles. The second kappa shape index (κ2) is 10.8. The van der Waals surface area contributed by atoms with Crippen molar-refractivity contribution >= 4 is 50.7 Å². The number of rotatable bonds is 7. The summed E-state index contributed by atoms with van der Waals surface area (Å²) >= 11 is 0. The number of aromatic nitrogens is 1. The van der Waals surface area contributed by atoms with Crippen molar-refractivity contribution in [3.63, 3.8) is 0 Å². The third-order valence-electron chi connectivity index (χ3n) is 4.73. The highest BCUT2D eigenvalue weighted by Gasteiger charge is 2.07. The van der Waals surface area contributed by atoms with E-state index in [1.807, 2.05) is 6.92 Å². The number of aliphatic imine (C=N–C) groups is 1. The van der Waals surface area contributed by atoms with Crippen molar-refractivity contribution in [3.8, 4) is 0 Å². The van der Waals surface area contributed by atoms with E-state index in [0.717, 1.165) is 36.6 Å². The van der Waals surface area contributed by atoms with Crippen molar-refractivity contribution in [2.75, 3.05) is 19.3 Å². The molecule has 0 saturated heterocycles. The minimum Gasteiger partial charge on any atom is -0.361 e. The van der Waals surface area contributed by atoms with Crippen molar-refractivity contribution in [2.45, 2.75) is 31.7 Å². The molecule has 162 valence electrons. The molecule has 0 bridgehead atoms. The van der Waals surface area contributed by atoms with Crippen LogP contribution in [0.5, 0.6) is 0 Å². The lowest BCUT2D eigenvalue weighted by molar-refractivity contribution is 0.602. The summed E-state index contributed by atoms with van der Waals surface area (Å²) in [5.74, 6) is 0.746. The van der Waals surface area contributed by atoms with Crippen LogP contribution in [0.25, 0.3) is 10.9 Å². The van der Waals surface area contributed by atoms with Crippen LogP contribution in [-0.2, 0) is 22.8 Å². The number of nitrogens with one attached hydrogen (secondary N) is 3. The number of fused-ring (bicyclic) bond motifs is 1.